The van der Waals surface area contributed by atoms with Gasteiger partial charge in [-0.05, 0) is 73.4 Å². The van der Waals surface area contributed by atoms with Gasteiger partial charge in [-0.1, -0.05) is 78.2 Å². The number of nitrogens with zero attached hydrogens (tertiary/aromatic N) is 4. The zero-order valence-corrected chi connectivity index (χ0v) is 28.0. The summed E-state index contributed by atoms with van der Waals surface area (Å²) in [5.41, 5.74) is 16.4. The van der Waals surface area contributed by atoms with Gasteiger partial charge < -0.3 is 26.6 Å². The first-order chi connectivity index (χ1) is 21.0. The minimum absolute atomic E-state index is 0.128. The van der Waals surface area contributed by atoms with Gasteiger partial charge in [0.05, 0.1) is 12.1 Å². The molecule has 44 heavy (non-hydrogen) atoms. The van der Waals surface area contributed by atoms with Gasteiger partial charge in [0, 0.05) is 46.8 Å². The number of benzene rings is 2. The number of nitrogens with one attached hydrogen (secondary N) is 1. The second-order valence-electron chi connectivity index (χ2n) is 11.7. The third-order valence-corrected chi connectivity index (χ3v) is 9.26. The molecular formula is C31H40Cl3N7O2S. The van der Waals surface area contributed by atoms with E-state index in [1.165, 1.54) is 11.3 Å². The Balaban J connectivity index is 1.53. The lowest BCUT2D eigenvalue weighted by atomic mass is 9.93. The number of nitrogens with two attached hydrogens (primary N) is 2. The van der Waals surface area contributed by atoms with Gasteiger partial charge in [0.1, 0.15) is 5.51 Å². The van der Waals surface area contributed by atoms with Gasteiger partial charge in [-0.2, -0.15) is 0 Å². The molecule has 238 valence electrons. The van der Waals surface area contributed by atoms with Crippen molar-refractivity contribution in [2.75, 3.05) is 25.0 Å². The number of piperazine rings is 1. The highest BCUT2D eigenvalue weighted by Crippen LogP contribution is 2.27. The Morgan fingerprint density at radius 1 is 0.977 bits per heavy atom. The molecule has 4 atom stereocenters. The molecule has 1 fully saturated rings. The summed E-state index contributed by atoms with van der Waals surface area (Å²) < 4.78 is 0. The average Bonchev–Trinajstić information content (AvgIpc) is 3.49. The summed E-state index contributed by atoms with van der Waals surface area (Å²) >= 11 is 20.1. The quantitative estimate of drug-likeness (QED) is 0.209. The summed E-state index contributed by atoms with van der Waals surface area (Å²) in [6.07, 6.45) is 2.78. The van der Waals surface area contributed by atoms with Crippen LogP contribution in [0.15, 0.2) is 48.0 Å². The largest absolute Gasteiger partial charge is 0.360 e. The first-order valence-electron chi connectivity index (χ1n) is 14.8. The molecule has 0 spiro atoms. The van der Waals surface area contributed by atoms with Crippen LogP contribution in [0.4, 0.5) is 5.13 Å². The van der Waals surface area contributed by atoms with E-state index in [2.05, 4.69) is 29.4 Å². The lowest BCUT2D eigenvalue weighted by Crippen LogP contribution is -2.65. The summed E-state index contributed by atoms with van der Waals surface area (Å²) in [6.45, 7) is 5.62. The van der Waals surface area contributed by atoms with Crippen molar-refractivity contribution in [2.24, 2.45) is 17.4 Å². The SMILES string of the molecule is CC(C)C[C@@H]1CN(C(=O)[C@H](N)Cc2ccc(Cl)cc2Cl)[C@@H](CCCNc2nncs2)CN1C(=O)[C@@H](N)Cc1cccc(Cl)c1. The van der Waals surface area contributed by atoms with Crippen LogP contribution in [0.5, 0.6) is 0 Å². The van der Waals surface area contributed by atoms with Gasteiger partial charge in [-0.25, -0.2) is 0 Å². The smallest absolute Gasteiger partial charge is 0.240 e. The monoisotopic (exact) mass is 679 g/mol. The highest BCUT2D eigenvalue weighted by molar-refractivity contribution is 7.13. The first kappa shape index (κ1) is 34.4. The number of amides is 2. The number of hydrogen-bond acceptors (Lipinski definition) is 8. The predicted molar refractivity (Wildman–Crippen MR) is 179 cm³/mol. The maximum atomic E-state index is 14.0. The second kappa shape index (κ2) is 16.2. The van der Waals surface area contributed by atoms with Crippen LogP contribution in [-0.2, 0) is 22.4 Å². The van der Waals surface area contributed by atoms with Gasteiger partial charge in [0.25, 0.3) is 0 Å². The van der Waals surface area contributed by atoms with Crippen molar-refractivity contribution in [1.29, 1.82) is 0 Å². The standard InChI is InChI=1S/C31H40Cl3N7O2S/c1-19(2)11-25-17-40(30(43)28(36)14-21-8-9-23(33)15-26(21)34)24(7-4-10-37-31-39-38-18-44-31)16-41(25)29(42)27(35)13-20-5-3-6-22(32)12-20/h3,5-6,8-9,12,15,18-19,24-25,27-28H,4,7,10-11,13-14,16-17,35-36H2,1-2H3,(H,37,39)/t24-,25+,27-,28+/m0/s1. The van der Waals surface area contributed by atoms with Crippen LogP contribution in [0.25, 0.3) is 0 Å². The van der Waals surface area contributed by atoms with Gasteiger partial charge in [0.2, 0.25) is 16.9 Å². The molecule has 5 N–H and O–H groups in total. The Kier molecular flexibility index (Phi) is 12.7. The molecule has 0 saturated carbocycles. The summed E-state index contributed by atoms with van der Waals surface area (Å²) in [5, 5.41) is 13.5. The Morgan fingerprint density at radius 3 is 2.32 bits per heavy atom. The third-order valence-electron chi connectivity index (χ3n) is 7.79. The fourth-order valence-electron chi connectivity index (χ4n) is 5.71. The lowest BCUT2D eigenvalue weighted by Gasteiger charge is -2.48. The van der Waals surface area contributed by atoms with Gasteiger partial charge in [-0.15, -0.1) is 10.2 Å². The van der Waals surface area contributed by atoms with Crippen molar-refractivity contribution >= 4 is 63.1 Å². The Hall–Kier alpha value is -2.47. The van der Waals surface area contributed by atoms with E-state index in [0.29, 0.717) is 53.5 Å². The highest BCUT2D eigenvalue weighted by atomic mass is 35.5. The molecule has 0 radical (unpaired) electrons. The lowest BCUT2D eigenvalue weighted by molar-refractivity contribution is -0.149. The Bertz CT molecular complexity index is 1390. The first-order valence-corrected chi connectivity index (χ1v) is 16.8. The molecule has 2 amide bonds. The minimum atomic E-state index is -0.803. The Labute approximate surface area is 278 Å². The molecule has 0 unspecified atom stereocenters. The fourth-order valence-corrected chi connectivity index (χ4v) is 6.88. The molecule has 0 bridgehead atoms. The maximum Gasteiger partial charge on any atom is 0.240 e. The van der Waals surface area contributed by atoms with E-state index in [-0.39, 0.29) is 30.3 Å². The van der Waals surface area contributed by atoms with E-state index in [1.807, 2.05) is 28.0 Å². The summed E-state index contributed by atoms with van der Waals surface area (Å²) in [4.78, 5) is 31.7. The molecule has 4 rings (SSSR count). The van der Waals surface area contributed by atoms with E-state index < -0.39 is 12.1 Å². The predicted octanol–water partition coefficient (Wildman–Crippen LogP) is 5.28. The minimum Gasteiger partial charge on any atom is -0.360 e. The number of anilines is 1. The molecule has 3 aromatic rings. The molecule has 1 aromatic heterocycles. The zero-order chi connectivity index (χ0) is 31.8. The van der Waals surface area contributed by atoms with Gasteiger partial charge in [0.15, 0.2) is 0 Å². The number of rotatable bonds is 13. The number of hydrogen-bond donors (Lipinski definition) is 3. The van der Waals surface area contributed by atoms with E-state index in [0.717, 1.165) is 29.1 Å². The molecule has 0 aliphatic carbocycles. The van der Waals surface area contributed by atoms with Crippen LogP contribution < -0.4 is 16.8 Å². The molecule has 2 aromatic carbocycles. The van der Waals surface area contributed by atoms with Crippen LogP contribution in [0.2, 0.25) is 15.1 Å². The number of carbonyl (C=O) groups excluding carboxylic acids is 2. The topological polar surface area (TPSA) is 130 Å². The Morgan fingerprint density at radius 2 is 1.66 bits per heavy atom. The van der Waals surface area contributed by atoms with Crippen LogP contribution in [0.1, 0.15) is 44.2 Å². The number of halogens is 3. The maximum absolute atomic E-state index is 14.0. The number of aromatic nitrogens is 2. The third kappa shape index (κ3) is 9.52. The van der Waals surface area contributed by atoms with Crippen molar-refractivity contribution in [2.45, 2.75) is 70.1 Å². The van der Waals surface area contributed by atoms with Crippen molar-refractivity contribution in [3.63, 3.8) is 0 Å². The molecular weight excluding hydrogens is 641 g/mol. The molecule has 1 aliphatic heterocycles. The second-order valence-corrected chi connectivity index (χ2v) is 13.8. The summed E-state index contributed by atoms with van der Waals surface area (Å²) in [7, 11) is 0. The van der Waals surface area contributed by atoms with E-state index in [4.69, 9.17) is 46.3 Å². The highest BCUT2D eigenvalue weighted by Gasteiger charge is 2.41. The van der Waals surface area contributed by atoms with E-state index >= 15 is 0 Å². The van der Waals surface area contributed by atoms with Crippen molar-refractivity contribution in [3.05, 3.63) is 74.2 Å². The molecule has 1 saturated heterocycles. The molecule has 13 heteroatoms. The average molecular weight is 681 g/mol. The van der Waals surface area contributed by atoms with Crippen molar-refractivity contribution in [3.8, 4) is 0 Å². The van der Waals surface area contributed by atoms with E-state index in [9.17, 15) is 9.59 Å². The molecule has 2 heterocycles. The molecule has 1 aliphatic rings. The zero-order valence-electron chi connectivity index (χ0n) is 25.0. The van der Waals surface area contributed by atoms with Crippen molar-refractivity contribution < 1.29 is 9.59 Å². The summed E-state index contributed by atoms with van der Waals surface area (Å²) in [5.74, 6) is 0.00439. The normalized spacial score (nSPS) is 18.4. The molecule has 9 nitrogen and oxygen atoms in total. The van der Waals surface area contributed by atoms with Crippen LogP contribution in [0.3, 0.4) is 0 Å². The van der Waals surface area contributed by atoms with Gasteiger partial charge >= 0.3 is 0 Å². The van der Waals surface area contributed by atoms with Crippen LogP contribution in [-0.4, -0.2) is 75.6 Å². The van der Waals surface area contributed by atoms with Gasteiger partial charge in [-0.3, -0.25) is 9.59 Å². The fraction of sp³-hybridized carbons (Fsp3) is 0.484. The summed E-state index contributed by atoms with van der Waals surface area (Å²) in [6, 6.07) is 10.6. The number of carbonyl (C=O) groups is 2. The van der Waals surface area contributed by atoms with E-state index in [1.54, 1.807) is 29.8 Å². The van der Waals surface area contributed by atoms with Crippen molar-refractivity contribution in [1.82, 2.24) is 20.0 Å². The van der Waals surface area contributed by atoms with Crippen LogP contribution in [0, 0.1) is 5.92 Å². The van der Waals surface area contributed by atoms with Crippen LogP contribution >= 0.6 is 46.1 Å².